The van der Waals surface area contributed by atoms with Gasteiger partial charge in [0.1, 0.15) is 0 Å². The van der Waals surface area contributed by atoms with Gasteiger partial charge >= 0.3 is 0 Å². The molecule has 6 heteroatoms. The van der Waals surface area contributed by atoms with Gasteiger partial charge in [0, 0.05) is 28.4 Å². The van der Waals surface area contributed by atoms with E-state index < -0.39 is 0 Å². The molecule has 2 heterocycles. The van der Waals surface area contributed by atoms with Crippen LogP contribution >= 0.6 is 11.6 Å². The van der Waals surface area contributed by atoms with E-state index in [0.717, 1.165) is 38.4 Å². The number of anilines is 1. The number of hydrogen-bond acceptors (Lipinski definition) is 4. The normalized spacial score (nSPS) is 12.3. The van der Waals surface area contributed by atoms with Crippen LogP contribution in [-0.2, 0) is 0 Å². The molecule has 0 spiro atoms. The van der Waals surface area contributed by atoms with E-state index in [0.29, 0.717) is 5.95 Å². The maximum absolute atomic E-state index is 9.16. The van der Waals surface area contributed by atoms with E-state index in [1.807, 2.05) is 61.7 Å². The number of imidazole rings is 1. The average molecular weight is 379 g/mol. The van der Waals surface area contributed by atoms with Gasteiger partial charge in [-0.05, 0) is 42.8 Å². The van der Waals surface area contributed by atoms with Gasteiger partial charge in [0.05, 0.1) is 23.3 Å². The van der Waals surface area contributed by atoms with Crippen LogP contribution in [0.25, 0.3) is 33.4 Å². The highest BCUT2D eigenvalue weighted by Crippen LogP contribution is 2.26. The lowest BCUT2D eigenvalue weighted by molar-refractivity contribution is 0.281. The molecule has 0 amide bonds. The smallest absolute Gasteiger partial charge is 0.201 e. The highest BCUT2D eigenvalue weighted by molar-refractivity contribution is 6.30. The molecule has 0 aliphatic carbocycles. The van der Waals surface area contributed by atoms with Crippen LogP contribution in [0, 0.1) is 0 Å². The lowest BCUT2D eigenvalue weighted by atomic mass is 10.1. The first-order valence-corrected chi connectivity index (χ1v) is 9.10. The molecule has 136 valence electrons. The molecule has 2 aromatic carbocycles. The Hall–Kier alpha value is -2.89. The third kappa shape index (κ3) is 3.79. The molecular weight excluding hydrogens is 360 g/mol. The van der Waals surface area contributed by atoms with Gasteiger partial charge in [-0.3, -0.25) is 4.98 Å². The molecule has 0 saturated carbocycles. The third-order valence-electron chi connectivity index (χ3n) is 4.38. The Morgan fingerprint density at radius 2 is 1.78 bits per heavy atom. The van der Waals surface area contributed by atoms with Crippen molar-refractivity contribution in [1.29, 1.82) is 0 Å². The summed E-state index contributed by atoms with van der Waals surface area (Å²) in [6.07, 6.45) is 1.87. The van der Waals surface area contributed by atoms with Crippen molar-refractivity contribution in [3.63, 3.8) is 0 Å². The second kappa shape index (κ2) is 7.39. The van der Waals surface area contributed by atoms with Crippen LogP contribution in [0.15, 0.2) is 60.8 Å². The van der Waals surface area contributed by atoms with Crippen molar-refractivity contribution in [3.8, 4) is 22.4 Å². The van der Waals surface area contributed by atoms with E-state index in [1.165, 1.54) is 0 Å². The summed E-state index contributed by atoms with van der Waals surface area (Å²) in [5.74, 6) is 0.648. The number of benzene rings is 2. The fraction of sp³-hybridized carbons (Fsp3) is 0.143. The number of nitrogens with one attached hydrogen (secondary N) is 2. The van der Waals surface area contributed by atoms with Gasteiger partial charge in [-0.25, -0.2) is 4.98 Å². The molecule has 27 heavy (non-hydrogen) atoms. The van der Waals surface area contributed by atoms with E-state index >= 15 is 0 Å². The third-order valence-corrected chi connectivity index (χ3v) is 4.63. The number of aromatic nitrogens is 3. The van der Waals surface area contributed by atoms with Crippen molar-refractivity contribution in [3.05, 3.63) is 65.8 Å². The summed E-state index contributed by atoms with van der Waals surface area (Å²) in [5, 5.41) is 13.0. The quantitative estimate of drug-likeness (QED) is 0.469. The Labute approximate surface area is 162 Å². The minimum Gasteiger partial charge on any atom is -0.394 e. The van der Waals surface area contributed by atoms with E-state index in [9.17, 15) is 0 Å². The van der Waals surface area contributed by atoms with Crippen LogP contribution in [-0.4, -0.2) is 32.7 Å². The summed E-state index contributed by atoms with van der Waals surface area (Å²) in [5.41, 5.74) is 5.81. The number of aromatic amines is 1. The van der Waals surface area contributed by atoms with Crippen LogP contribution in [0.4, 0.5) is 5.95 Å². The number of hydrogen-bond donors (Lipinski definition) is 3. The molecule has 0 saturated heterocycles. The minimum atomic E-state index is -0.0629. The Bertz CT molecular complexity index is 1060. The monoisotopic (exact) mass is 378 g/mol. The standard InChI is InChI=1S/C21H19ClN4O/c1-13(12-27)24-21-25-19-9-4-15(10-20(19)26-21)18-8-5-16(11-23-18)14-2-6-17(22)7-3-14/h2-11,13,27H,12H2,1H3,(H2,24,25,26). The van der Waals surface area contributed by atoms with Crippen LogP contribution < -0.4 is 5.32 Å². The predicted octanol–water partition coefficient (Wildman–Crippen LogP) is 4.74. The number of aliphatic hydroxyl groups excluding tert-OH is 1. The Morgan fingerprint density at radius 1 is 1.04 bits per heavy atom. The van der Waals surface area contributed by atoms with Crippen molar-refractivity contribution in [2.45, 2.75) is 13.0 Å². The van der Waals surface area contributed by atoms with Crippen molar-refractivity contribution in [1.82, 2.24) is 15.0 Å². The molecule has 4 rings (SSSR count). The largest absolute Gasteiger partial charge is 0.394 e. The summed E-state index contributed by atoms with van der Waals surface area (Å²) in [6, 6.07) is 17.7. The molecule has 3 N–H and O–H groups in total. The fourth-order valence-corrected chi connectivity index (χ4v) is 3.02. The van der Waals surface area contributed by atoms with Gasteiger partial charge in [-0.2, -0.15) is 0 Å². The van der Waals surface area contributed by atoms with Crippen LogP contribution in [0.1, 0.15) is 6.92 Å². The summed E-state index contributed by atoms with van der Waals surface area (Å²) in [4.78, 5) is 12.3. The maximum atomic E-state index is 9.16. The zero-order valence-corrected chi connectivity index (χ0v) is 15.5. The van der Waals surface area contributed by atoms with Crippen molar-refractivity contribution in [2.24, 2.45) is 0 Å². The predicted molar refractivity (Wildman–Crippen MR) is 110 cm³/mol. The van der Waals surface area contributed by atoms with E-state index in [2.05, 4.69) is 26.3 Å². The Balaban J connectivity index is 1.60. The second-order valence-electron chi connectivity index (χ2n) is 6.48. The maximum Gasteiger partial charge on any atom is 0.201 e. The highest BCUT2D eigenvalue weighted by atomic mass is 35.5. The first kappa shape index (κ1) is 17.5. The van der Waals surface area contributed by atoms with Crippen molar-refractivity contribution >= 4 is 28.6 Å². The first-order valence-electron chi connectivity index (χ1n) is 8.72. The second-order valence-corrected chi connectivity index (χ2v) is 6.92. The topological polar surface area (TPSA) is 73.8 Å². The molecule has 0 aliphatic rings. The van der Waals surface area contributed by atoms with Crippen molar-refractivity contribution in [2.75, 3.05) is 11.9 Å². The average Bonchev–Trinajstić information content (AvgIpc) is 3.10. The van der Waals surface area contributed by atoms with Gasteiger partial charge in [-0.15, -0.1) is 0 Å². The molecule has 2 aromatic heterocycles. The molecule has 1 atom stereocenters. The lowest BCUT2D eigenvalue weighted by Gasteiger charge is -2.07. The van der Waals surface area contributed by atoms with Gasteiger partial charge in [0.2, 0.25) is 5.95 Å². The molecule has 0 radical (unpaired) electrons. The van der Waals surface area contributed by atoms with Crippen LogP contribution in [0.5, 0.6) is 0 Å². The van der Waals surface area contributed by atoms with E-state index in [1.54, 1.807) is 0 Å². The molecule has 0 fully saturated rings. The molecule has 0 bridgehead atoms. The SMILES string of the molecule is CC(CO)Nc1nc2ccc(-c3ccc(-c4ccc(Cl)cc4)cn3)cc2[nH]1. The summed E-state index contributed by atoms with van der Waals surface area (Å²) in [7, 11) is 0. The number of fused-ring (bicyclic) bond motifs is 1. The molecular formula is C21H19ClN4O. The molecule has 5 nitrogen and oxygen atoms in total. The number of H-pyrrole nitrogens is 1. The summed E-state index contributed by atoms with van der Waals surface area (Å²) in [6.45, 7) is 1.94. The lowest BCUT2D eigenvalue weighted by Crippen LogP contribution is -2.19. The molecule has 1 unspecified atom stereocenters. The van der Waals surface area contributed by atoms with E-state index in [4.69, 9.17) is 16.7 Å². The Kier molecular flexibility index (Phi) is 4.79. The van der Waals surface area contributed by atoms with Crippen molar-refractivity contribution < 1.29 is 5.11 Å². The number of rotatable bonds is 5. The fourth-order valence-electron chi connectivity index (χ4n) is 2.89. The zero-order valence-electron chi connectivity index (χ0n) is 14.8. The Morgan fingerprint density at radius 3 is 2.48 bits per heavy atom. The molecule has 0 aliphatic heterocycles. The first-order chi connectivity index (χ1) is 13.1. The van der Waals surface area contributed by atoms with Gasteiger partial charge < -0.3 is 15.4 Å². The van der Waals surface area contributed by atoms with Gasteiger partial charge in [-0.1, -0.05) is 35.9 Å². The number of halogens is 1. The summed E-state index contributed by atoms with van der Waals surface area (Å²) < 4.78 is 0. The zero-order chi connectivity index (χ0) is 18.8. The number of aliphatic hydroxyl groups is 1. The van der Waals surface area contributed by atoms with Gasteiger partial charge in [0.25, 0.3) is 0 Å². The minimum absolute atomic E-state index is 0.0478. The van der Waals surface area contributed by atoms with Crippen LogP contribution in [0.3, 0.4) is 0 Å². The van der Waals surface area contributed by atoms with Crippen LogP contribution in [0.2, 0.25) is 5.02 Å². The number of pyridine rings is 1. The molecule has 4 aromatic rings. The number of nitrogens with zero attached hydrogens (tertiary/aromatic N) is 2. The van der Waals surface area contributed by atoms with E-state index in [-0.39, 0.29) is 12.6 Å². The van der Waals surface area contributed by atoms with Gasteiger partial charge in [0.15, 0.2) is 0 Å². The summed E-state index contributed by atoms with van der Waals surface area (Å²) >= 11 is 5.95. The highest BCUT2D eigenvalue weighted by Gasteiger charge is 2.08.